The Morgan fingerprint density at radius 3 is 2.83 bits per heavy atom. The van der Waals surface area contributed by atoms with Crippen LogP contribution in [0, 0.1) is 5.92 Å². The summed E-state index contributed by atoms with van der Waals surface area (Å²) >= 11 is 0. The first-order chi connectivity index (χ1) is 5.87. The van der Waals surface area contributed by atoms with E-state index in [1.807, 2.05) is 0 Å². The van der Waals surface area contributed by atoms with Crippen LogP contribution in [-0.4, -0.2) is 31.7 Å². The molecule has 2 aliphatic heterocycles. The highest BCUT2D eigenvalue weighted by atomic mass is 16.5. The smallest absolute Gasteiger partial charge is 0.152 e. The lowest BCUT2D eigenvalue weighted by Gasteiger charge is -2.27. The predicted octanol–water partition coefficient (Wildman–Crippen LogP) is 0.771. The van der Waals surface area contributed by atoms with E-state index in [1.165, 1.54) is 0 Å². The van der Waals surface area contributed by atoms with Crippen molar-refractivity contribution in [1.29, 1.82) is 0 Å². The molecule has 0 aromatic heterocycles. The van der Waals surface area contributed by atoms with E-state index in [-0.39, 0.29) is 0 Å². The molecule has 2 unspecified atom stereocenters. The predicted molar refractivity (Wildman–Crippen MR) is 42.9 cm³/mol. The van der Waals surface area contributed by atoms with Crippen molar-refractivity contribution >= 4 is 6.29 Å². The molecule has 0 spiro atoms. The van der Waals surface area contributed by atoms with Gasteiger partial charge in [-0.2, -0.15) is 0 Å². The second kappa shape index (κ2) is 3.15. The second-order valence-corrected chi connectivity index (χ2v) is 3.59. The lowest BCUT2D eigenvalue weighted by Crippen LogP contribution is -2.39. The number of carbonyl (C=O) groups excluding carboxylic acids is 1. The quantitative estimate of drug-likeness (QED) is 0.574. The minimum atomic E-state index is -0.490. The van der Waals surface area contributed by atoms with Crippen LogP contribution < -0.4 is 0 Å². The fourth-order valence-electron chi connectivity index (χ4n) is 2.11. The van der Waals surface area contributed by atoms with E-state index in [1.54, 1.807) is 0 Å². The standard InChI is InChI=1S/C9H14O3/c10-7-9(3-1-4-12-9)8-2-5-11-6-8/h7-8H,1-6H2. The maximum atomic E-state index is 10.9. The van der Waals surface area contributed by atoms with Crippen LogP contribution in [-0.2, 0) is 14.3 Å². The zero-order valence-electron chi connectivity index (χ0n) is 7.12. The van der Waals surface area contributed by atoms with E-state index in [9.17, 15) is 4.79 Å². The van der Waals surface area contributed by atoms with Crippen molar-refractivity contribution in [3.05, 3.63) is 0 Å². The molecule has 0 radical (unpaired) electrons. The molecule has 2 aliphatic rings. The van der Waals surface area contributed by atoms with Gasteiger partial charge in [-0.05, 0) is 19.3 Å². The Balaban J connectivity index is 2.09. The van der Waals surface area contributed by atoms with Gasteiger partial charge in [-0.1, -0.05) is 0 Å². The molecule has 2 fully saturated rings. The second-order valence-electron chi connectivity index (χ2n) is 3.59. The Kier molecular flexibility index (Phi) is 2.15. The van der Waals surface area contributed by atoms with Crippen LogP contribution in [0.25, 0.3) is 0 Å². The van der Waals surface area contributed by atoms with E-state index < -0.39 is 5.60 Å². The fraction of sp³-hybridized carbons (Fsp3) is 0.889. The number of rotatable bonds is 2. The van der Waals surface area contributed by atoms with Crippen molar-refractivity contribution < 1.29 is 14.3 Å². The summed E-state index contributed by atoms with van der Waals surface area (Å²) in [5, 5.41) is 0. The van der Waals surface area contributed by atoms with Gasteiger partial charge >= 0.3 is 0 Å². The molecule has 2 heterocycles. The molecular weight excluding hydrogens is 156 g/mol. The van der Waals surface area contributed by atoms with E-state index in [2.05, 4.69) is 0 Å². The van der Waals surface area contributed by atoms with Gasteiger partial charge in [0.1, 0.15) is 5.60 Å². The number of hydrogen-bond donors (Lipinski definition) is 0. The lowest BCUT2D eigenvalue weighted by molar-refractivity contribution is -0.132. The Labute approximate surface area is 72.0 Å². The van der Waals surface area contributed by atoms with Gasteiger partial charge in [0.25, 0.3) is 0 Å². The molecule has 0 N–H and O–H groups in total. The number of aldehydes is 1. The molecule has 0 bridgehead atoms. The van der Waals surface area contributed by atoms with Gasteiger partial charge in [-0.25, -0.2) is 0 Å². The zero-order valence-corrected chi connectivity index (χ0v) is 7.12. The van der Waals surface area contributed by atoms with Gasteiger partial charge in [0.05, 0.1) is 6.61 Å². The summed E-state index contributed by atoms with van der Waals surface area (Å²) in [6.07, 6.45) is 3.85. The van der Waals surface area contributed by atoms with Gasteiger partial charge in [-0.3, -0.25) is 0 Å². The summed E-state index contributed by atoms with van der Waals surface area (Å²) in [6, 6.07) is 0. The molecule has 2 rings (SSSR count). The van der Waals surface area contributed by atoms with Crippen LogP contribution in [0.4, 0.5) is 0 Å². The first-order valence-corrected chi connectivity index (χ1v) is 4.55. The maximum absolute atomic E-state index is 10.9. The van der Waals surface area contributed by atoms with Gasteiger partial charge in [0.2, 0.25) is 0 Å². The van der Waals surface area contributed by atoms with E-state index in [0.717, 1.165) is 38.8 Å². The minimum absolute atomic E-state index is 0.303. The molecule has 68 valence electrons. The molecule has 2 atom stereocenters. The fourth-order valence-corrected chi connectivity index (χ4v) is 2.11. The summed E-state index contributed by atoms with van der Waals surface area (Å²) in [5.41, 5.74) is -0.490. The molecule has 0 aromatic carbocycles. The molecule has 0 saturated carbocycles. The summed E-state index contributed by atoms with van der Waals surface area (Å²) < 4.78 is 10.8. The van der Waals surface area contributed by atoms with Crippen molar-refractivity contribution in [1.82, 2.24) is 0 Å². The Hall–Kier alpha value is -0.410. The normalized spacial score (nSPS) is 41.8. The molecule has 2 saturated heterocycles. The first-order valence-electron chi connectivity index (χ1n) is 4.55. The van der Waals surface area contributed by atoms with Crippen molar-refractivity contribution in [2.24, 2.45) is 5.92 Å². The Morgan fingerprint density at radius 2 is 2.33 bits per heavy atom. The highest BCUT2D eigenvalue weighted by Gasteiger charge is 2.44. The summed E-state index contributed by atoms with van der Waals surface area (Å²) in [4.78, 5) is 10.9. The van der Waals surface area contributed by atoms with E-state index in [0.29, 0.717) is 12.5 Å². The minimum Gasteiger partial charge on any atom is -0.381 e. The number of ether oxygens (including phenoxy) is 2. The van der Waals surface area contributed by atoms with Crippen LogP contribution in [0.1, 0.15) is 19.3 Å². The SMILES string of the molecule is O=CC1(C2CCOC2)CCCO1. The largest absolute Gasteiger partial charge is 0.381 e. The van der Waals surface area contributed by atoms with Crippen LogP contribution in [0.2, 0.25) is 0 Å². The highest BCUT2D eigenvalue weighted by Crippen LogP contribution is 2.35. The van der Waals surface area contributed by atoms with Crippen LogP contribution in [0.15, 0.2) is 0 Å². The summed E-state index contributed by atoms with van der Waals surface area (Å²) in [6.45, 7) is 2.21. The third-order valence-electron chi connectivity index (χ3n) is 2.90. The maximum Gasteiger partial charge on any atom is 0.152 e. The lowest BCUT2D eigenvalue weighted by atomic mass is 9.86. The molecule has 0 aromatic rings. The number of hydrogen-bond acceptors (Lipinski definition) is 3. The van der Waals surface area contributed by atoms with Gasteiger partial charge in [0.15, 0.2) is 6.29 Å². The average molecular weight is 170 g/mol. The van der Waals surface area contributed by atoms with Crippen LogP contribution in [0.5, 0.6) is 0 Å². The highest BCUT2D eigenvalue weighted by molar-refractivity contribution is 5.63. The van der Waals surface area contributed by atoms with Crippen molar-refractivity contribution in [3.63, 3.8) is 0 Å². The third-order valence-corrected chi connectivity index (χ3v) is 2.90. The molecule has 3 heteroatoms. The van der Waals surface area contributed by atoms with Crippen LogP contribution in [0.3, 0.4) is 0 Å². The first kappa shape index (κ1) is 8.20. The molecule has 0 aliphatic carbocycles. The van der Waals surface area contributed by atoms with Crippen molar-refractivity contribution in [2.45, 2.75) is 24.9 Å². The Bertz CT molecular complexity index is 167. The summed E-state index contributed by atoms with van der Waals surface area (Å²) in [7, 11) is 0. The zero-order chi connectivity index (χ0) is 8.44. The third kappa shape index (κ3) is 1.17. The number of carbonyl (C=O) groups is 1. The van der Waals surface area contributed by atoms with E-state index in [4.69, 9.17) is 9.47 Å². The molecule has 12 heavy (non-hydrogen) atoms. The average Bonchev–Trinajstić information content (AvgIpc) is 2.76. The Morgan fingerprint density at radius 1 is 1.42 bits per heavy atom. The topological polar surface area (TPSA) is 35.5 Å². The van der Waals surface area contributed by atoms with Gasteiger partial charge < -0.3 is 14.3 Å². The molecule has 0 amide bonds. The van der Waals surface area contributed by atoms with Gasteiger partial charge in [0, 0.05) is 19.1 Å². The van der Waals surface area contributed by atoms with E-state index >= 15 is 0 Å². The monoisotopic (exact) mass is 170 g/mol. The molecule has 3 nitrogen and oxygen atoms in total. The molecular formula is C9H14O3. The van der Waals surface area contributed by atoms with Crippen LogP contribution >= 0.6 is 0 Å². The van der Waals surface area contributed by atoms with Gasteiger partial charge in [-0.15, -0.1) is 0 Å². The summed E-state index contributed by atoms with van der Waals surface area (Å²) in [5.74, 6) is 0.303. The van der Waals surface area contributed by atoms with Crippen molar-refractivity contribution in [2.75, 3.05) is 19.8 Å². The van der Waals surface area contributed by atoms with Crippen molar-refractivity contribution in [3.8, 4) is 0 Å².